The molecule has 1 heterocycles. The molecule has 1 fully saturated rings. The van der Waals surface area contributed by atoms with Crippen molar-refractivity contribution in [2.45, 2.75) is 44.3 Å². The van der Waals surface area contributed by atoms with Crippen molar-refractivity contribution < 1.29 is 14.2 Å². The molecule has 1 aromatic rings. The lowest BCUT2D eigenvalue weighted by Gasteiger charge is -2.40. The van der Waals surface area contributed by atoms with Gasteiger partial charge in [-0.3, -0.25) is 0 Å². The molecule has 1 saturated heterocycles. The van der Waals surface area contributed by atoms with Crippen LogP contribution in [0.3, 0.4) is 0 Å². The zero-order valence-corrected chi connectivity index (χ0v) is 11.6. The molecule has 1 aromatic carbocycles. The molecule has 0 amide bonds. The van der Waals surface area contributed by atoms with E-state index in [1.807, 2.05) is 30.3 Å². The summed E-state index contributed by atoms with van der Waals surface area (Å²) in [6, 6.07) is 9.95. The molecule has 4 nitrogen and oxygen atoms in total. The maximum absolute atomic E-state index is 6.10. The number of hydrogen-bond donors (Lipinski definition) is 1. The van der Waals surface area contributed by atoms with Crippen molar-refractivity contribution in [2.75, 3.05) is 13.7 Å². The highest BCUT2D eigenvalue weighted by atomic mass is 16.6. The number of hydrogen-bond acceptors (Lipinski definition) is 4. The molecule has 19 heavy (non-hydrogen) atoms. The topological polar surface area (TPSA) is 53.7 Å². The average Bonchev–Trinajstić information content (AvgIpc) is 2.46. The first-order chi connectivity index (χ1) is 9.26. The summed E-state index contributed by atoms with van der Waals surface area (Å²) < 4.78 is 17.2. The largest absolute Gasteiger partial charge is 0.376 e. The van der Waals surface area contributed by atoms with Crippen molar-refractivity contribution >= 4 is 0 Å². The third-order valence-corrected chi connectivity index (χ3v) is 3.57. The number of nitrogens with two attached hydrogens (primary N) is 1. The second-order valence-electron chi connectivity index (χ2n) is 4.91. The lowest BCUT2D eigenvalue weighted by atomic mass is 9.96. The summed E-state index contributed by atoms with van der Waals surface area (Å²) in [7, 11) is 1.69. The van der Waals surface area contributed by atoms with E-state index in [9.17, 15) is 0 Å². The molecule has 2 N–H and O–H groups in total. The highest BCUT2D eigenvalue weighted by Crippen LogP contribution is 2.23. The average molecular weight is 265 g/mol. The second kappa shape index (κ2) is 7.01. The Kier molecular flexibility index (Phi) is 5.34. The van der Waals surface area contributed by atoms with Gasteiger partial charge in [0.15, 0.2) is 0 Å². The zero-order chi connectivity index (χ0) is 13.7. The van der Waals surface area contributed by atoms with Crippen LogP contribution < -0.4 is 5.73 Å². The Morgan fingerprint density at radius 3 is 2.63 bits per heavy atom. The number of methoxy groups -OCH3 is 1. The minimum Gasteiger partial charge on any atom is -0.376 e. The Morgan fingerprint density at radius 1 is 1.26 bits per heavy atom. The Labute approximate surface area is 114 Å². The smallest absolute Gasteiger partial charge is 0.111 e. The van der Waals surface area contributed by atoms with Crippen LogP contribution in [0.1, 0.15) is 18.9 Å². The molecule has 4 atom stereocenters. The maximum Gasteiger partial charge on any atom is 0.111 e. The lowest BCUT2D eigenvalue weighted by Crippen LogP contribution is -2.58. The van der Waals surface area contributed by atoms with E-state index in [-0.39, 0.29) is 24.4 Å². The molecule has 0 spiro atoms. The fourth-order valence-electron chi connectivity index (χ4n) is 2.50. The Hall–Kier alpha value is -0.940. The van der Waals surface area contributed by atoms with Crippen LogP contribution in [0.2, 0.25) is 0 Å². The quantitative estimate of drug-likeness (QED) is 0.881. The maximum atomic E-state index is 6.10. The van der Waals surface area contributed by atoms with Crippen molar-refractivity contribution in [3.8, 4) is 0 Å². The van der Waals surface area contributed by atoms with Crippen LogP contribution in [0.5, 0.6) is 0 Å². The number of ether oxygens (including phenoxy) is 3. The van der Waals surface area contributed by atoms with Crippen molar-refractivity contribution in [1.82, 2.24) is 0 Å². The van der Waals surface area contributed by atoms with Crippen LogP contribution in [0.15, 0.2) is 30.3 Å². The van der Waals surface area contributed by atoms with Crippen LogP contribution in [0.4, 0.5) is 0 Å². The van der Waals surface area contributed by atoms with Gasteiger partial charge < -0.3 is 19.9 Å². The molecule has 2 unspecified atom stereocenters. The molecule has 0 saturated carbocycles. The standard InChI is InChI=1S/C15H23NO3/c1-3-13-15(17-2)14(12(16)10-18-13)19-9-11-7-5-4-6-8-11/h4-8,12-15H,3,9-10,16H2,1-2H3/t12?,13?,14-,15-/m1/s1. The zero-order valence-electron chi connectivity index (χ0n) is 11.6. The van der Waals surface area contributed by atoms with E-state index < -0.39 is 0 Å². The first-order valence-electron chi connectivity index (χ1n) is 6.81. The minimum atomic E-state index is -0.142. The predicted octanol–water partition coefficient (Wildman–Crippen LogP) is 1.72. The third-order valence-electron chi connectivity index (χ3n) is 3.57. The number of rotatable bonds is 5. The van der Waals surface area contributed by atoms with E-state index in [1.165, 1.54) is 0 Å². The van der Waals surface area contributed by atoms with E-state index in [2.05, 4.69) is 6.92 Å². The van der Waals surface area contributed by atoms with Crippen LogP contribution in [0, 0.1) is 0 Å². The first kappa shape index (κ1) is 14.5. The van der Waals surface area contributed by atoms with Crippen LogP contribution in [-0.2, 0) is 20.8 Å². The normalized spacial score (nSPS) is 31.3. The molecule has 4 heteroatoms. The third kappa shape index (κ3) is 3.54. The van der Waals surface area contributed by atoms with Crippen molar-refractivity contribution in [1.29, 1.82) is 0 Å². The molecule has 0 radical (unpaired) electrons. The van der Waals surface area contributed by atoms with Crippen LogP contribution >= 0.6 is 0 Å². The monoisotopic (exact) mass is 265 g/mol. The van der Waals surface area contributed by atoms with Gasteiger partial charge in [-0.1, -0.05) is 37.3 Å². The van der Waals surface area contributed by atoms with Crippen molar-refractivity contribution in [3.63, 3.8) is 0 Å². The summed E-state index contributed by atoms with van der Waals surface area (Å²) in [4.78, 5) is 0. The van der Waals surface area contributed by atoms with Crippen molar-refractivity contribution in [2.24, 2.45) is 5.73 Å². The molecule has 0 bridgehead atoms. The molecule has 1 aliphatic rings. The van der Waals surface area contributed by atoms with Crippen molar-refractivity contribution in [3.05, 3.63) is 35.9 Å². The minimum absolute atomic E-state index is 0.0607. The van der Waals surface area contributed by atoms with Gasteiger partial charge >= 0.3 is 0 Å². The summed E-state index contributed by atoms with van der Waals surface area (Å²) in [6.07, 6.45) is 0.739. The molecule has 2 rings (SSSR count). The van der Waals surface area contributed by atoms with Crippen LogP contribution in [0.25, 0.3) is 0 Å². The fraction of sp³-hybridized carbons (Fsp3) is 0.600. The Morgan fingerprint density at radius 2 is 2.00 bits per heavy atom. The summed E-state index contributed by atoms with van der Waals surface area (Å²) in [5.41, 5.74) is 7.24. The predicted molar refractivity (Wildman–Crippen MR) is 73.8 cm³/mol. The Bertz CT molecular complexity index is 371. The van der Waals surface area contributed by atoms with Gasteiger partial charge in [0.2, 0.25) is 0 Å². The van der Waals surface area contributed by atoms with Gasteiger partial charge in [-0.05, 0) is 12.0 Å². The summed E-state index contributed by atoms with van der Waals surface area (Å²) in [5.74, 6) is 0. The fourth-order valence-corrected chi connectivity index (χ4v) is 2.50. The SMILES string of the molecule is CCC1OCC(N)[C@@H](OCc2ccccc2)[C@@H]1OC. The highest BCUT2D eigenvalue weighted by Gasteiger charge is 2.39. The van der Waals surface area contributed by atoms with Crippen LogP contribution in [-0.4, -0.2) is 38.1 Å². The summed E-state index contributed by atoms with van der Waals surface area (Å²) in [6.45, 7) is 3.16. The number of benzene rings is 1. The van der Waals surface area contributed by atoms with E-state index >= 15 is 0 Å². The van der Waals surface area contributed by atoms with Gasteiger partial charge in [-0.25, -0.2) is 0 Å². The van der Waals surface area contributed by atoms with Gasteiger partial charge in [-0.2, -0.15) is 0 Å². The molecular weight excluding hydrogens is 242 g/mol. The van der Waals surface area contributed by atoms with Gasteiger partial charge in [-0.15, -0.1) is 0 Å². The molecule has 0 aliphatic carbocycles. The molecule has 106 valence electrons. The van der Waals surface area contributed by atoms with Gasteiger partial charge in [0.25, 0.3) is 0 Å². The Balaban J connectivity index is 1.99. The first-order valence-corrected chi connectivity index (χ1v) is 6.81. The van der Waals surface area contributed by atoms with Gasteiger partial charge in [0, 0.05) is 7.11 Å². The molecular formula is C15H23NO3. The van der Waals surface area contributed by atoms with E-state index in [0.29, 0.717) is 13.2 Å². The highest BCUT2D eigenvalue weighted by molar-refractivity contribution is 5.13. The van der Waals surface area contributed by atoms with E-state index in [4.69, 9.17) is 19.9 Å². The van der Waals surface area contributed by atoms with E-state index in [1.54, 1.807) is 7.11 Å². The molecule has 1 aliphatic heterocycles. The van der Waals surface area contributed by atoms with E-state index in [0.717, 1.165) is 12.0 Å². The summed E-state index contributed by atoms with van der Waals surface area (Å²) in [5, 5.41) is 0. The molecule has 0 aromatic heterocycles. The van der Waals surface area contributed by atoms with Gasteiger partial charge in [0.1, 0.15) is 12.2 Å². The summed E-state index contributed by atoms with van der Waals surface area (Å²) >= 11 is 0. The lowest BCUT2D eigenvalue weighted by molar-refractivity contribution is -0.178. The second-order valence-corrected chi connectivity index (χ2v) is 4.91. The van der Waals surface area contributed by atoms with Gasteiger partial charge in [0.05, 0.1) is 25.4 Å².